The lowest BCUT2D eigenvalue weighted by Crippen LogP contribution is -2.46. The third-order valence-corrected chi connectivity index (χ3v) is 4.86. The van der Waals surface area contributed by atoms with Crippen LogP contribution in [-0.4, -0.2) is 42.1 Å². The van der Waals surface area contributed by atoms with Gasteiger partial charge in [-0.05, 0) is 31.0 Å². The van der Waals surface area contributed by atoms with E-state index >= 15 is 0 Å². The van der Waals surface area contributed by atoms with E-state index in [0.717, 1.165) is 5.56 Å². The van der Waals surface area contributed by atoms with Crippen molar-refractivity contribution >= 4 is 23.5 Å². The lowest BCUT2D eigenvalue weighted by molar-refractivity contribution is -0.141. The molecule has 0 unspecified atom stereocenters. The summed E-state index contributed by atoms with van der Waals surface area (Å²) in [5, 5.41) is 12.1. The van der Waals surface area contributed by atoms with Crippen LogP contribution in [0.3, 0.4) is 0 Å². The van der Waals surface area contributed by atoms with Gasteiger partial charge >= 0.3 is 5.97 Å². The molecule has 2 N–H and O–H groups in total. The van der Waals surface area contributed by atoms with Gasteiger partial charge in [-0.3, -0.25) is 14.4 Å². The minimum atomic E-state index is -0.958. The lowest BCUT2D eigenvalue weighted by atomic mass is 9.99. The van der Waals surface area contributed by atoms with Crippen molar-refractivity contribution < 1.29 is 24.2 Å². The predicted octanol–water partition coefficient (Wildman–Crippen LogP) is 2.25. The summed E-state index contributed by atoms with van der Waals surface area (Å²) in [7, 11) is 0. The Morgan fingerprint density at radius 2 is 1.83 bits per heavy atom. The first-order chi connectivity index (χ1) is 14.0. The third-order valence-electron chi connectivity index (χ3n) is 4.86. The van der Waals surface area contributed by atoms with E-state index in [1.54, 1.807) is 30.0 Å². The molecule has 0 radical (unpaired) electrons. The van der Waals surface area contributed by atoms with Gasteiger partial charge in [0, 0.05) is 19.5 Å². The van der Waals surface area contributed by atoms with Crippen molar-refractivity contribution in [2.75, 3.05) is 18.0 Å². The number of carboxylic acids is 1. The summed E-state index contributed by atoms with van der Waals surface area (Å²) in [4.78, 5) is 37.8. The molecule has 152 valence electrons. The van der Waals surface area contributed by atoms with Crippen LogP contribution in [0, 0.1) is 5.92 Å². The van der Waals surface area contributed by atoms with Crippen molar-refractivity contribution in [2.24, 2.45) is 5.92 Å². The van der Waals surface area contributed by atoms with Gasteiger partial charge in [-0.15, -0.1) is 0 Å². The molecule has 2 aromatic rings. The summed E-state index contributed by atoms with van der Waals surface area (Å²) in [6.45, 7) is 1.91. The summed E-state index contributed by atoms with van der Waals surface area (Å²) < 4.78 is 5.59. The van der Waals surface area contributed by atoms with Crippen LogP contribution in [0.4, 0.5) is 5.69 Å². The summed E-state index contributed by atoms with van der Waals surface area (Å²) in [6.07, 6.45) is -0.205. The number of amides is 2. The van der Waals surface area contributed by atoms with E-state index in [0.29, 0.717) is 17.9 Å². The minimum absolute atomic E-state index is 0.0348. The average Bonchev–Trinajstić information content (AvgIpc) is 2.72. The van der Waals surface area contributed by atoms with Crippen LogP contribution in [0.2, 0.25) is 0 Å². The monoisotopic (exact) mass is 396 g/mol. The highest BCUT2D eigenvalue weighted by atomic mass is 16.5. The second kappa shape index (κ2) is 9.23. The summed E-state index contributed by atoms with van der Waals surface area (Å²) in [6, 6.07) is 16.5. The highest BCUT2D eigenvalue weighted by molar-refractivity contribution is 6.00. The Morgan fingerprint density at radius 1 is 1.14 bits per heavy atom. The van der Waals surface area contributed by atoms with Crippen LogP contribution in [0.1, 0.15) is 18.9 Å². The number of aliphatic carboxylic acids is 1. The number of para-hydroxylation sites is 2. The number of ether oxygens (including phenoxy) is 1. The molecule has 0 aromatic heterocycles. The maximum Gasteiger partial charge on any atom is 0.308 e. The van der Waals surface area contributed by atoms with Crippen LogP contribution < -0.4 is 15.0 Å². The average molecular weight is 396 g/mol. The van der Waals surface area contributed by atoms with Crippen LogP contribution in [-0.2, 0) is 20.8 Å². The molecule has 1 aliphatic heterocycles. The fourth-order valence-electron chi connectivity index (χ4n) is 3.27. The second-order valence-electron chi connectivity index (χ2n) is 7.00. The first kappa shape index (κ1) is 20.4. The number of rotatable bonds is 8. The van der Waals surface area contributed by atoms with Crippen molar-refractivity contribution in [2.45, 2.75) is 25.9 Å². The molecule has 0 spiro atoms. The lowest BCUT2D eigenvalue weighted by Gasteiger charge is -2.32. The number of anilines is 1. The Kier molecular flexibility index (Phi) is 6.49. The van der Waals surface area contributed by atoms with E-state index in [9.17, 15) is 19.5 Å². The summed E-state index contributed by atoms with van der Waals surface area (Å²) >= 11 is 0. The van der Waals surface area contributed by atoms with E-state index in [-0.39, 0.29) is 31.3 Å². The van der Waals surface area contributed by atoms with E-state index in [2.05, 4.69) is 5.32 Å². The van der Waals surface area contributed by atoms with Crippen molar-refractivity contribution in [3.05, 3.63) is 60.2 Å². The number of fused-ring (bicyclic) bond motifs is 1. The topological polar surface area (TPSA) is 95.9 Å². The van der Waals surface area contributed by atoms with Crippen molar-refractivity contribution in [3.63, 3.8) is 0 Å². The van der Waals surface area contributed by atoms with Crippen molar-refractivity contribution in [1.82, 2.24) is 5.32 Å². The standard InChI is InChI=1S/C22H24N2O5/c1-15-21(26)24(18-9-5-6-10-19(18)29-15)12-11-20(25)23-14-17(22(27)28)13-16-7-3-2-4-8-16/h2-10,15,17H,11-14H2,1H3,(H,23,25)(H,27,28)/t15-,17+/m1/s1. The number of hydrogen-bond acceptors (Lipinski definition) is 4. The van der Waals surface area contributed by atoms with Gasteiger partial charge in [0.25, 0.3) is 5.91 Å². The number of carbonyl (C=O) groups is 3. The van der Waals surface area contributed by atoms with Gasteiger partial charge in [0.15, 0.2) is 6.10 Å². The quantitative estimate of drug-likeness (QED) is 0.714. The first-order valence-corrected chi connectivity index (χ1v) is 9.56. The molecule has 2 aromatic carbocycles. The Labute approximate surface area is 169 Å². The number of carbonyl (C=O) groups excluding carboxylic acids is 2. The molecule has 0 fully saturated rings. The fourth-order valence-corrected chi connectivity index (χ4v) is 3.27. The smallest absolute Gasteiger partial charge is 0.308 e. The molecule has 1 aliphatic rings. The second-order valence-corrected chi connectivity index (χ2v) is 7.00. The van der Waals surface area contributed by atoms with E-state index in [1.165, 1.54) is 0 Å². The fraction of sp³-hybridized carbons (Fsp3) is 0.318. The molecule has 29 heavy (non-hydrogen) atoms. The van der Waals surface area contributed by atoms with Crippen LogP contribution in [0.25, 0.3) is 0 Å². The SMILES string of the molecule is C[C@H]1Oc2ccccc2N(CCC(=O)NC[C@H](Cc2ccccc2)C(=O)O)C1=O. The van der Waals surface area contributed by atoms with Gasteiger partial charge < -0.3 is 20.1 Å². The van der Waals surface area contributed by atoms with E-state index in [1.807, 2.05) is 36.4 Å². The normalized spacial score (nSPS) is 16.5. The van der Waals surface area contributed by atoms with Gasteiger partial charge in [0.05, 0.1) is 11.6 Å². The Bertz CT molecular complexity index is 884. The minimum Gasteiger partial charge on any atom is -0.481 e. The molecular formula is C22H24N2O5. The predicted molar refractivity (Wildman–Crippen MR) is 108 cm³/mol. The van der Waals surface area contributed by atoms with E-state index < -0.39 is 18.0 Å². The van der Waals surface area contributed by atoms with E-state index in [4.69, 9.17) is 4.74 Å². The first-order valence-electron chi connectivity index (χ1n) is 9.56. The van der Waals surface area contributed by atoms with Crippen LogP contribution >= 0.6 is 0 Å². The molecule has 0 saturated carbocycles. The van der Waals surface area contributed by atoms with Gasteiger partial charge in [-0.25, -0.2) is 0 Å². The third kappa shape index (κ3) is 5.13. The Morgan fingerprint density at radius 3 is 2.55 bits per heavy atom. The Balaban J connectivity index is 1.55. The molecular weight excluding hydrogens is 372 g/mol. The van der Waals surface area contributed by atoms with Gasteiger partial charge in [0.2, 0.25) is 5.91 Å². The molecule has 7 heteroatoms. The number of nitrogens with zero attached hydrogens (tertiary/aromatic N) is 1. The number of benzene rings is 2. The molecule has 1 heterocycles. The zero-order valence-electron chi connectivity index (χ0n) is 16.2. The maximum atomic E-state index is 12.5. The number of nitrogens with one attached hydrogen (secondary N) is 1. The molecule has 0 saturated heterocycles. The molecule has 2 atom stereocenters. The zero-order valence-corrected chi connectivity index (χ0v) is 16.2. The Hall–Kier alpha value is -3.35. The zero-order chi connectivity index (χ0) is 20.8. The maximum absolute atomic E-state index is 12.5. The highest BCUT2D eigenvalue weighted by Crippen LogP contribution is 2.33. The molecule has 2 amide bonds. The van der Waals surface area contributed by atoms with Gasteiger partial charge in [-0.2, -0.15) is 0 Å². The molecule has 0 aliphatic carbocycles. The largest absolute Gasteiger partial charge is 0.481 e. The highest BCUT2D eigenvalue weighted by Gasteiger charge is 2.31. The number of carboxylic acid groups (broad SMARTS) is 1. The summed E-state index contributed by atoms with van der Waals surface area (Å²) in [5.41, 5.74) is 1.54. The molecule has 0 bridgehead atoms. The van der Waals surface area contributed by atoms with Gasteiger partial charge in [-0.1, -0.05) is 42.5 Å². The number of hydrogen-bond donors (Lipinski definition) is 2. The molecule has 7 nitrogen and oxygen atoms in total. The van der Waals surface area contributed by atoms with Crippen LogP contribution in [0.15, 0.2) is 54.6 Å². The molecule has 3 rings (SSSR count). The van der Waals surface area contributed by atoms with Gasteiger partial charge in [0.1, 0.15) is 5.75 Å². The van der Waals surface area contributed by atoms with Crippen molar-refractivity contribution in [1.29, 1.82) is 0 Å². The summed E-state index contributed by atoms with van der Waals surface area (Å²) in [5.74, 6) is -1.57. The van der Waals surface area contributed by atoms with Crippen LogP contribution in [0.5, 0.6) is 5.75 Å². The van der Waals surface area contributed by atoms with Crippen molar-refractivity contribution in [3.8, 4) is 5.75 Å².